The summed E-state index contributed by atoms with van der Waals surface area (Å²) in [7, 11) is 3.90. The Bertz CT molecular complexity index is 953. The second kappa shape index (κ2) is 7.23. The number of aromatic nitrogens is 1. The number of pyridine rings is 1. The van der Waals surface area contributed by atoms with Crippen molar-refractivity contribution in [1.82, 2.24) is 9.88 Å². The van der Waals surface area contributed by atoms with E-state index in [0.717, 1.165) is 5.69 Å². The number of hydrogen-bond acceptors (Lipinski definition) is 3. The van der Waals surface area contributed by atoms with Crippen LogP contribution in [0.15, 0.2) is 73.1 Å². The molecule has 1 amide bonds. The molecular formula is C23H23N3O. The van der Waals surface area contributed by atoms with Crippen molar-refractivity contribution >= 4 is 11.6 Å². The van der Waals surface area contributed by atoms with Gasteiger partial charge in [0.2, 0.25) is 0 Å². The average Bonchev–Trinajstić information content (AvgIpc) is 2.73. The van der Waals surface area contributed by atoms with Gasteiger partial charge in [-0.2, -0.15) is 0 Å². The maximum absolute atomic E-state index is 13.4. The second-order valence-corrected chi connectivity index (χ2v) is 7.14. The summed E-state index contributed by atoms with van der Waals surface area (Å²) in [5.41, 5.74) is 5.30. The topological polar surface area (TPSA) is 36.4 Å². The average molecular weight is 357 g/mol. The molecule has 2 heterocycles. The van der Waals surface area contributed by atoms with Crippen LogP contribution >= 0.6 is 0 Å². The summed E-state index contributed by atoms with van der Waals surface area (Å²) in [5.74, 6) is 0.210. The van der Waals surface area contributed by atoms with Crippen molar-refractivity contribution in [2.75, 3.05) is 25.5 Å². The standard InChI is InChI=1S/C23H23N3O/c1-25(2)22-12-13-24-14-20(22)23(27)26-15-18-10-6-7-11-19(18)21(16-26)17-8-4-3-5-9-17/h3-14,21H,15-16H2,1-2H3. The minimum absolute atomic E-state index is 0.0298. The highest BCUT2D eigenvalue weighted by Gasteiger charge is 2.30. The molecule has 4 heteroatoms. The summed E-state index contributed by atoms with van der Waals surface area (Å²) < 4.78 is 0. The Hall–Kier alpha value is -3.14. The van der Waals surface area contributed by atoms with Gasteiger partial charge in [0, 0.05) is 45.5 Å². The molecule has 1 aromatic heterocycles. The predicted molar refractivity (Wildman–Crippen MR) is 108 cm³/mol. The highest BCUT2D eigenvalue weighted by atomic mass is 16.2. The molecule has 3 aromatic rings. The van der Waals surface area contributed by atoms with Gasteiger partial charge in [0.15, 0.2) is 0 Å². The van der Waals surface area contributed by atoms with E-state index >= 15 is 0 Å². The van der Waals surface area contributed by atoms with E-state index in [1.807, 2.05) is 42.1 Å². The molecule has 2 aromatic carbocycles. The largest absolute Gasteiger partial charge is 0.377 e. The zero-order chi connectivity index (χ0) is 18.8. The maximum atomic E-state index is 13.4. The summed E-state index contributed by atoms with van der Waals surface area (Å²) in [5, 5.41) is 0. The van der Waals surface area contributed by atoms with Crippen LogP contribution in [0.5, 0.6) is 0 Å². The fraction of sp³-hybridized carbons (Fsp3) is 0.217. The number of nitrogens with zero attached hydrogens (tertiary/aromatic N) is 3. The lowest BCUT2D eigenvalue weighted by Crippen LogP contribution is -2.39. The number of rotatable bonds is 3. The number of hydrogen-bond donors (Lipinski definition) is 0. The predicted octanol–water partition coefficient (Wildman–Crippen LogP) is 3.94. The molecule has 27 heavy (non-hydrogen) atoms. The Morgan fingerprint density at radius 2 is 1.78 bits per heavy atom. The first kappa shape index (κ1) is 17.3. The Morgan fingerprint density at radius 1 is 1.04 bits per heavy atom. The number of anilines is 1. The van der Waals surface area contributed by atoms with E-state index in [9.17, 15) is 4.79 Å². The first-order valence-corrected chi connectivity index (χ1v) is 9.18. The molecule has 0 radical (unpaired) electrons. The van der Waals surface area contributed by atoms with Crippen LogP contribution in [-0.2, 0) is 6.54 Å². The van der Waals surface area contributed by atoms with Crippen LogP contribution in [0.4, 0.5) is 5.69 Å². The summed E-state index contributed by atoms with van der Waals surface area (Å²) in [6.45, 7) is 1.29. The lowest BCUT2D eigenvalue weighted by atomic mass is 9.84. The molecule has 0 saturated heterocycles. The molecule has 0 aliphatic carbocycles. The van der Waals surface area contributed by atoms with Gasteiger partial charge >= 0.3 is 0 Å². The van der Waals surface area contributed by atoms with Gasteiger partial charge in [-0.05, 0) is 22.8 Å². The second-order valence-electron chi connectivity index (χ2n) is 7.14. The fourth-order valence-electron chi connectivity index (χ4n) is 3.84. The fourth-order valence-corrected chi connectivity index (χ4v) is 3.84. The van der Waals surface area contributed by atoms with Crippen LogP contribution in [0.2, 0.25) is 0 Å². The maximum Gasteiger partial charge on any atom is 0.257 e. The quantitative estimate of drug-likeness (QED) is 0.712. The molecule has 1 atom stereocenters. The normalized spacial score (nSPS) is 15.9. The molecule has 0 spiro atoms. The van der Waals surface area contributed by atoms with E-state index in [4.69, 9.17) is 0 Å². The van der Waals surface area contributed by atoms with Gasteiger partial charge in [0.1, 0.15) is 0 Å². The molecular weight excluding hydrogens is 334 g/mol. The molecule has 1 aliphatic rings. The van der Waals surface area contributed by atoms with Crippen LogP contribution in [0, 0.1) is 0 Å². The van der Waals surface area contributed by atoms with Gasteiger partial charge < -0.3 is 9.80 Å². The highest BCUT2D eigenvalue weighted by molar-refractivity contribution is 5.99. The van der Waals surface area contributed by atoms with Crippen molar-refractivity contribution in [2.24, 2.45) is 0 Å². The minimum Gasteiger partial charge on any atom is -0.377 e. The van der Waals surface area contributed by atoms with E-state index in [2.05, 4.69) is 47.4 Å². The first-order chi connectivity index (χ1) is 13.1. The third-order valence-corrected chi connectivity index (χ3v) is 5.19. The van der Waals surface area contributed by atoms with Gasteiger partial charge in [-0.3, -0.25) is 9.78 Å². The Morgan fingerprint density at radius 3 is 2.56 bits per heavy atom. The molecule has 4 nitrogen and oxygen atoms in total. The summed E-state index contributed by atoms with van der Waals surface area (Å²) >= 11 is 0. The van der Waals surface area contributed by atoms with E-state index < -0.39 is 0 Å². The van der Waals surface area contributed by atoms with Gasteiger partial charge in [0.25, 0.3) is 5.91 Å². The molecule has 4 rings (SSSR count). The van der Waals surface area contributed by atoms with Crippen molar-refractivity contribution in [1.29, 1.82) is 0 Å². The molecule has 1 aliphatic heterocycles. The molecule has 0 bridgehead atoms. The number of amides is 1. The van der Waals surface area contributed by atoms with E-state index in [0.29, 0.717) is 18.7 Å². The monoisotopic (exact) mass is 357 g/mol. The number of fused-ring (bicyclic) bond motifs is 1. The van der Waals surface area contributed by atoms with Crippen LogP contribution in [0.25, 0.3) is 0 Å². The molecule has 0 N–H and O–H groups in total. The molecule has 0 fully saturated rings. The first-order valence-electron chi connectivity index (χ1n) is 9.18. The summed E-state index contributed by atoms with van der Waals surface area (Å²) in [6.07, 6.45) is 3.40. The smallest absolute Gasteiger partial charge is 0.257 e. The van der Waals surface area contributed by atoms with E-state index in [1.54, 1.807) is 12.4 Å². The highest BCUT2D eigenvalue weighted by Crippen LogP contribution is 2.34. The zero-order valence-corrected chi connectivity index (χ0v) is 15.7. The molecule has 0 saturated carbocycles. The third-order valence-electron chi connectivity index (χ3n) is 5.19. The number of benzene rings is 2. The van der Waals surface area contributed by atoms with Crippen molar-refractivity contribution in [2.45, 2.75) is 12.5 Å². The van der Waals surface area contributed by atoms with Crippen molar-refractivity contribution in [3.8, 4) is 0 Å². The van der Waals surface area contributed by atoms with E-state index in [-0.39, 0.29) is 11.8 Å². The van der Waals surface area contributed by atoms with Crippen molar-refractivity contribution in [3.63, 3.8) is 0 Å². The van der Waals surface area contributed by atoms with Gasteiger partial charge in [0.05, 0.1) is 11.3 Å². The number of carbonyl (C=O) groups is 1. The van der Waals surface area contributed by atoms with Crippen molar-refractivity contribution in [3.05, 3.63) is 95.3 Å². The third kappa shape index (κ3) is 3.31. The Balaban J connectivity index is 1.73. The summed E-state index contributed by atoms with van der Waals surface area (Å²) in [4.78, 5) is 21.5. The van der Waals surface area contributed by atoms with Crippen LogP contribution in [-0.4, -0.2) is 36.4 Å². The van der Waals surface area contributed by atoms with Crippen LogP contribution in [0.1, 0.15) is 33.0 Å². The van der Waals surface area contributed by atoms with Crippen molar-refractivity contribution < 1.29 is 4.79 Å². The van der Waals surface area contributed by atoms with Crippen LogP contribution in [0.3, 0.4) is 0 Å². The summed E-state index contributed by atoms with van der Waals surface area (Å²) in [6, 6.07) is 20.8. The zero-order valence-electron chi connectivity index (χ0n) is 15.7. The van der Waals surface area contributed by atoms with Gasteiger partial charge in [-0.1, -0.05) is 54.6 Å². The van der Waals surface area contributed by atoms with Gasteiger partial charge in [-0.25, -0.2) is 0 Å². The SMILES string of the molecule is CN(C)c1ccncc1C(=O)N1Cc2ccccc2C(c2ccccc2)C1. The molecule has 1 unspecified atom stereocenters. The Kier molecular flexibility index (Phi) is 4.63. The van der Waals surface area contributed by atoms with Crippen LogP contribution < -0.4 is 4.90 Å². The molecule has 136 valence electrons. The number of carbonyl (C=O) groups excluding carboxylic acids is 1. The lowest BCUT2D eigenvalue weighted by molar-refractivity contribution is 0.0725. The Labute approximate surface area is 160 Å². The van der Waals surface area contributed by atoms with Gasteiger partial charge in [-0.15, -0.1) is 0 Å². The lowest BCUT2D eigenvalue weighted by Gasteiger charge is -2.35. The van der Waals surface area contributed by atoms with E-state index in [1.165, 1.54) is 16.7 Å². The minimum atomic E-state index is 0.0298.